The number of hydrogen-bond donors (Lipinski definition) is 3. The molecule has 1 aromatic carbocycles. The molecule has 0 unspecified atom stereocenters. The quantitative estimate of drug-likeness (QED) is 0.529. The SMILES string of the molecule is CCCCCC(C)(C)CNC(=O)c1ccc(N)cc1N. The molecule has 112 valence electrons. The van der Waals surface area contributed by atoms with Crippen molar-refractivity contribution in [3.8, 4) is 0 Å². The summed E-state index contributed by atoms with van der Waals surface area (Å²) in [5, 5.41) is 2.97. The Balaban J connectivity index is 2.54. The van der Waals surface area contributed by atoms with E-state index in [4.69, 9.17) is 11.5 Å². The van der Waals surface area contributed by atoms with Crippen molar-refractivity contribution in [3.05, 3.63) is 23.8 Å². The Morgan fingerprint density at radius 1 is 1.25 bits per heavy atom. The zero-order chi connectivity index (χ0) is 15.2. The number of nitrogen functional groups attached to an aromatic ring is 2. The number of hydrogen-bond acceptors (Lipinski definition) is 3. The summed E-state index contributed by atoms with van der Waals surface area (Å²) < 4.78 is 0. The highest BCUT2D eigenvalue weighted by molar-refractivity contribution is 5.99. The molecule has 1 amide bonds. The fourth-order valence-corrected chi connectivity index (χ4v) is 2.14. The van der Waals surface area contributed by atoms with Crippen LogP contribution in [0.25, 0.3) is 0 Å². The van der Waals surface area contributed by atoms with E-state index in [0.717, 1.165) is 6.42 Å². The topological polar surface area (TPSA) is 81.1 Å². The summed E-state index contributed by atoms with van der Waals surface area (Å²) in [4.78, 5) is 12.1. The second-order valence-electron chi connectivity index (χ2n) is 6.15. The average molecular weight is 277 g/mol. The molecule has 0 saturated carbocycles. The molecular formula is C16H27N3O. The average Bonchev–Trinajstić information content (AvgIpc) is 2.36. The third kappa shape index (κ3) is 5.11. The molecule has 1 rings (SSSR count). The van der Waals surface area contributed by atoms with Crippen molar-refractivity contribution in [2.24, 2.45) is 5.41 Å². The van der Waals surface area contributed by atoms with Gasteiger partial charge in [0, 0.05) is 17.9 Å². The van der Waals surface area contributed by atoms with Gasteiger partial charge in [0.1, 0.15) is 0 Å². The minimum atomic E-state index is -0.133. The first kappa shape index (κ1) is 16.3. The van der Waals surface area contributed by atoms with Gasteiger partial charge in [-0.15, -0.1) is 0 Å². The van der Waals surface area contributed by atoms with Gasteiger partial charge in [-0.3, -0.25) is 4.79 Å². The first-order valence-corrected chi connectivity index (χ1v) is 7.29. The lowest BCUT2D eigenvalue weighted by molar-refractivity contribution is 0.0935. The van der Waals surface area contributed by atoms with Crippen LogP contribution < -0.4 is 16.8 Å². The maximum Gasteiger partial charge on any atom is 0.253 e. The molecule has 4 nitrogen and oxygen atoms in total. The molecule has 0 saturated heterocycles. The van der Waals surface area contributed by atoms with E-state index in [1.807, 2.05) is 0 Å². The molecule has 0 aliphatic carbocycles. The first-order valence-electron chi connectivity index (χ1n) is 7.29. The summed E-state index contributed by atoms with van der Waals surface area (Å²) in [6.07, 6.45) is 4.76. The minimum absolute atomic E-state index is 0.105. The normalized spacial score (nSPS) is 11.3. The van der Waals surface area contributed by atoms with Crippen molar-refractivity contribution >= 4 is 17.3 Å². The highest BCUT2D eigenvalue weighted by atomic mass is 16.1. The second kappa shape index (κ2) is 7.17. The van der Waals surface area contributed by atoms with Crippen LogP contribution >= 0.6 is 0 Å². The summed E-state index contributed by atoms with van der Waals surface area (Å²) >= 11 is 0. The lowest BCUT2D eigenvalue weighted by atomic mass is 9.87. The molecule has 0 radical (unpaired) electrons. The largest absolute Gasteiger partial charge is 0.399 e. The molecule has 4 heteroatoms. The number of rotatable bonds is 7. The van der Waals surface area contributed by atoms with Gasteiger partial charge in [0.05, 0.1) is 5.56 Å². The predicted octanol–water partition coefficient (Wildman–Crippen LogP) is 3.19. The lowest BCUT2D eigenvalue weighted by Gasteiger charge is -2.25. The van der Waals surface area contributed by atoms with Crippen LogP contribution in [-0.2, 0) is 0 Å². The van der Waals surface area contributed by atoms with Gasteiger partial charge in [0.2, 0.25) is 0 Å². The van der Waals surface area contributed by atoms with Crippen molar-refractivity contribution in [1.29, 1.82) is 0 Å². The van der Waals surface area contributed by atoms with Gasteiger partial charge >= 0.3 is 0 Å². The third-order valence-electron chi connectivity index (χ3n) is 3.50. The molecule has 0 spiro atoms. The molecule has 0 aromatic heterocycles. The van der Waals surface area contributed by atoms with Crippen LogP contribution in [0.5, 0.6) is 0 Å². The summed E-state index contributed by atoms with van der Waals surface area (Å²) in [6.45, 7) is 7.20. The van der Waals surface area contributed by atoms with Crippen molar-refractivity contribution in [1.82, 2.24) is 5.32 Å². The van der Waals surface area contributed by atoms with Crippen molar-refractivity contribution in [3.63, 3.8) is 0 Å². The van der Waals surface area contributed by atoms with Crippen LogP contribution in [0.4, 0.5) is 11.4 Å². The molecule has 0 atom stereocenters. The number of nitrogens with two attached hydrogens (primary N) is 2. The number of amides is 1. The number of carbonyl (C=O) groups excluding carboxylic acids is 1. The van der Waals surface area contributed by atoms with Gasteiger partial charge in [-0.05, 0) is 30.0 Å². The van der Waals surface area contributed by atoms with Crippen LogP contribution in [0, 0.1) is 5.41 Å². The Bertz CT molecular complexity index is 455. The Hall–Kier alpha value is -1.71. The summed E-state index contributed by atoms with van der Waals surface area (Å²) in [5.41, 5.74) is 13.0. The Labute approximate surface area is 121 Å². The maximum atomic E-state index is 12.1. The Morgan fingerprint density at radius 3 is 2.55 bits per heavy atom. The van der Waals surface area contributed by atoms with E-state index in [-0.39, 0.29) is 11.3 Å². The number of carbonyl (C=O) groups is 1. The van der Waals surface area contributed by atoms with Gasteiger partial charge in [0.25, 0.3) is 5.91 Å². The molecule has 0 bridgehead atoms. The van der Waals surface area contributed by atoms with Crippen LogP contribution in [0.3, 0.4) is 0 Å². The third-order valence-corrected chi connectivity index (χ3v) is 3.50. The van der Waals surface area contributed by atoms with Crippen LogP contribution in [0.15, 0.2) is 18.2 Å². The fraction of sp³-hybridized carbons (Fsp3) is 0.562. The van der Waals surface area contributed by atoms with Crippen molar-refractivity contribution in [2.45, 2.75) is 46.5 Å². The van der Waals surface area contributed by atoms with E-state index in [1.54, 1.807) is 18.2 Å². The van der Waals surface area contributed by atoms with E-state index in [0.29, 0.717) is 23.5 Å². The summed E-state index contributed by atoms with van der Waals surface area (Å²) in [7, 11) is 0. The van der Waals surface area contributed by atoms with E-state index in [2.05, 4.69) is 26.1 Å². The van der Waals surface area contributed by atoms with Crippen molar-refractivity contribution in [2.75, 3.05) is 18.0 Å². The van der Waals surface area contributed by atoms with Crippen LogP contribution in [0.2, 0.25) is 0 Å². The van der Waals surface area contributed by atoms with Gasteiger partial charge in [-0.2, -0.15) is 0 Å². The number of nitrogens with one attached hydrogen (secondary N) is 1. The maximum absolute atomic E-state index is 12.1. The van der Waals surface area contributed by atoms with E-state index in [9.17, 15) is 4.79 Å². The van der Waals surface area contributed by atoms with E-state index >= 15 is 0 Å². The smallest absolute Gasteiger partial charge is 0.253 e. The molecule has 20 heavy (non-hydrogen) atoms. The zero-order valence-corrected chi connectivity index (χ0v) is 12.8. The molecule has 0 heterocycles. The van der Waals surface area contributed by atoms with Gasteiger partial charge < -0.3 is 16.8 Å². The second-order valence-corrected chi connectivity index (χ2v) is 6.15. The Kier molecular flexibility index (Phi) is 5.86. The lowest BCUT2D eigenvalue weighted by Crippen LogP contribution is -2.34. The van der Waals surface area contributed by atoms with Gasteiger partial charge in [-0.25, -0.2) is 0 Å². The molecule has 5 N–H and O–H groups in total. The van der Waals surface area contributed by atoms with E-state index < -0.39 is 0 Å². The first-order chi connectivity index (χ1) is 9.35. The molecular weight excluding hydrogens is 250 g/mol. The van der Waals surface area contributed by atoms with Crippen LogP contribution in [-0.4, -0.2) is 12.5 Å². The van der Waals surface area contributed by atoms with Gasteiger partial charge in [-0.1, -0.05) is 40.0 Å². The molecule has 0 aliphatic rings. The molecule has 0 aliphatic heterocycles. The monoisotopic (exact) mass is 277 g/mol. The number of unbranched alkanes of at least 4 members (excludes halogenated alkanes) is 2. The predicted molar refractivity (Wildman–Crippen MR) is 85.5 cm³/mol. The summed E-state index contributed by atoms with van der Waals surface area (Å²) in [6, 6.07) is 4.98. The molecule has 0 fully saturated rings. The highest BCUT2D eigenvalue weighted by Gasteiger charge is 2.19. The summed E-state index contributed by atoms with van der Waals surface area (Å²) in [5.74, 6) is -0.133. The number of anilines is 2. The highest BCUT2D eigenvalue weighted by Crippen LogP contribution is 2.23. The van der Waals surface area contributed by atoms with Gasteiger partial charge in [0.15, 0.2) is 0 Å². The zero-order valence-electron chi connectivity index (χ0n) is 12.8. The van der Waals surface area contributed by atoms with E-state index in [1.165, 1.54) is 19.3 Å². The number of benzene rings is 1. The fourth-order valence-electron chi connectivity index (χ4n) is 2.14. The molecule has 1 aromatic rings. The Morgan fingerprint density at radius 2 is 1.95 bits per heavy atom. The minimum Gasteiger partial charge on any atom is -0.399 e. The standard InChI is InChI=1S/C16H27N3O/c1-4-5-6-9-16(2,3)11-19-15(20)13-8-7-12(17)10-14(13)18/h7-8,10H,4-6,9,11,17-18H2,1-3H3,(H,19,20). The van der Waals surface area contributed by atoms with Crippen molar-refractivity contribution < 1.29 is 4.79 Å². The van der Waals surface area contributed by atoms with Crippen LogP contribution in [0.1, 0.15) is 56.8 Å².